The van der Waals surface area contributed by atoms with E-state index in [0.29, 0.717) is 10.8 Å². The Morgan fingerprint density at radius 1 is 1.00 bits per heavy atom. The van der Waals surface area contributed by atoms with Gasteiger partial charge in [0.15, 0.2) is 5.82 Å². The molecule has 0 spiro atoms. The zero-order valence-corrected chi connectivity index (χ0v) is 12.2. The van der Waals surface area contributed by atoms with Crippen LogP contribution in [0.25, 0.3) is 11.4 Å². The van der Waals surface area contributed by atoms with Crippen LogP contribution in [0.4, 0.5) is 11.5 Å². The minimum absolute atomic E-state index is 0.647. The second kappa shape index (κ2) is 5.89. The molecule has 0 radical (unpaired) electrons. The Morgan fingerprint density at radius 2 is 1.81 bits per heavy atom. The van der Waals surface area contributed by atoms with Crippen molar-refractivity contribution in [1.82, 2.24) is 15.0 Å². The van der Waals surface area contributed by atoms with Crippen LogP contribution >= 0.6 is 11.6 Å². The van der Waals surface area contributed by atoms with Gasteiger partial charge in [-0.25, -0.2) is 9.97 Å². The molecule has 0 aliphatic carbocycles. The average Bonchev–Trinajstić information content (AvgIpc) is 2.48. The highest BCUT2D eigenvalue weighted by atomic mass is 35.5. The number of hydrogen-bond acceptors (Lipinski definition) is 4. The van der Waals surface area contributed by atoms with Crippen LogP contribution in [-0.4, -0.2) is 15.0 Å². The van der Waals surface area contributed by atoms with Crippen LogP contribution in [0.2, 0.25) is 5.02 Å². The highest BCUT2D eigenvalue weighted by Crippen LogP contribution is 2.22. The lowest BCUT2D eigenvalue weighted by atomic mass is 10.2. The summed E-state index contributed by atoms with van der Waals surface area (Å²) in [6.45, 7) is 1.94. The molecule has 0 saturated carbocycles. The maximum Gasteiger partial charge on any atom is 0.161 e. The normalized spacial score (nSPS) is 10.4. The third-order valence-electron chi connectivity index (χ3n) is 2.89. The summed E-state index contributed by atoms with van der Waals surface area (Å²) in [5.74, 6) is 1.39. The van der Waals surface area contributed by atoms with E-state index >= 15 is 0 Å². The zero-order valence-electron chi connectivity index (χ0n) is 11.4. The molecule has 3 rings (SSSR count). The van der Waals surface area contributed by atoms with Crippen LogP contribution in [0.15, 0.2) is 54.9 Å². The molecule has 0 aliphatic heterocycles. The summed E-state index contributed by atoms with van der Waals surface area (Å²) in [6.07, 6.45) is 3.46. The van der Waals surface area contributed by atoms with E-state index < -0.39 is 0 Å². The number of nitrogens with one attached hydrogen (secondary N) is 1. The Kier molecular flexibility index (Phi) is 3.79. The van der Waals surface area contributed by atoms with Gasteiger partial charge in [-0.2, -0.15) is 0 Å². The van der Waals surface area contributed by atoms with E-state index in [1.54, 1.807) is 12.4 Å². The fourth-order valence-corrected chi connectivity index (χ4v) is 2.16. The second-order valence-electron chi connectivity index (χ2n) is 4.59. The second-order valence-corrected chi connectivity index (χ2v) is 5.03. The molecule has 0 bridgehead atoms. The number of halogens is 1. The van der Waals surface area contributed by atoms with Crippen molar-refractivity contribution >= 4 is 23.1 Å². The van der Waals surface area contributed by atoms with E-state index in [0.717, 1.165) is 22.8 Å². The van der Waals surface area contributed by atoms with Gasteiger partial charge in [-0.1, -0.05) is 23.7 Å². The molecule has 4 nitrogen and oxygen atoms in total. The first kappa shape index (κ1) is 13.5. The first-order valence-electron chi connectivity index (χ1n) is 6.49. The van der Waals surface area contributed by atoms with Gasteiger partial charge in [-0.05, 0) is 31.2 Å². The minimum atomic E-state index is 0.647. The third-order valence-corrected chi connectivity index (χ3v) is 3.12. The quantitative estimate of drug-likeness (QED) is 0.785. The van der Waals surface area contributed by atoms with E-state index in [-0.39, 0.29) is 0 Å². The summed E-state index contributed by atoms with van der Waals surface area (Å²) >= 11 is 6.03. The Hall–Kier alpha value is -2.46. The number of anilines is 2. The van der Waals surface area contributed by atoms with Crippen molar-refractivity contribution < 1.29 is 0 Å². The van der Waals surface area contributed by atoms with Crippen molar-refractivity contribution in [3.63, 3.8) is 0 Å². The highest BCUT2D eigenvalue weighted by molar-refractivity contribution is 6.30. The molecule has 1 N–H and O–H groups in total. The lowest BCUT2D eigenvalue weighted by Gasteiger charge is -2.08. The van der Waals surface area contributed by atoms with Gasteiger partial charge in [-0.15, -0.1) is 0 Å². The Morgan fingerprint density at radius 3 is 2.57 bits per heavy atom. The summed E-state index contributed by atoms with van der Waals surface area (Å²) in [5, 5.41) is 3.91. The molecule has 0 fully saturated rings. The number of pyridine rings is 1. The topological polar surface area (TPSA) is 50.7 Å². The van der Waals surface area contributed by atoms with Gasteiger partial charge in [0.2, 0.25) is 0 Å². The molecule has 0 unspecified atom stereocenters. The van der Waals surface area contributed by atoms with E-state index in [1.807, 2.05) is 49.4 Å². The number of aryl methyl sites for hydroxylation is 1. The molecule has 2 aromatic heterocycles. The summed E-state index contributed by atoms with van der Waals surface area (Å²) in [6, 6.07) is 13.2. The monoisotopic (exact) mass is 296 g/mol. The molecule has 1 aromatic carbocycles. The van der Waals surface area contributed by atoms with Gasteiger partial charge >= 0.3 is 0 Å². The van der Waals surface area contributed by atoms with Crippen molar-refractivity contribution in [1.29, 1.82) is 0 Å². The van der Waals surface area contributed by atoms with E-state index in [4.69, 9.17) is 11.6 Å². The third kappa shape index (κ3) is 3.35. The van der Waals surface area contributed by atoms with Crippen LogP contribution in [0.5, 0.6) is 0 Å². The Balaban J connectivity index is 1.97. The number of rotatable bonds is 3. The summed E-state index contributed by atoms with van der Waals surface area (Å²) in [5.41, 5.74) is 2.71. The number of benzene rings is 1. The van der Waals surface area contributed by atoms with Gasteiger partial charge in [0, 0.05) is 40.4 Å². The van der Waals surface area contributed by atoms with Crippen molar-refractivity contribution in [3.8, 4) is 11.4 Å². The van der Waals surface area contributed by atoms with Crippen molar-refractivity contribution in [2.24, 2.45) is 0 Å². The van der Waals surface area contributed by atoms with Crippen molar-refractivity contribution in [2.45, 2.75) is 6.92 Å². The predicted molar refractivity (Wildman–Crippen MR) is 84.7 cm³/mol. The highest BCUT2D eigenvalue weighted by Gasteiger charge is 2.06. The molecule has 104 valence electrons. The van der Waals surface area contributed by atoms with Crippen LogP contribution in [0, 0.1) is 6.92 Å². The summed E-state index contributed by atoms with van der Waals surface area (Å²) < 4.78 is 0. The minimum Gasteiger partial charge on any atom is -0.340 e. The summed E-state index contributed by atoms with van der Waals surface area (Å²) in [7, 11) is 0. The van der Waals surface area contributed by atoms with Crippen LogP contribution in [-0.2, 0) is 0 Å². The smallest absolute Gasteiger partial charge is 0.161 e. The van der Waals surface area contributed by atoms with Crippen LogP contribution in [0.3, 0.4) is 0 Å². The molecule has 0 atom stereocenters. The lowest BCUT2D eigenvalue weighted by molar-refractivity contribution is 1.11. The molecule has 21 heavy (non-hydrogen) atoms. The lowest BCUT2D eigenvalue weighted by Crippen LogP contribution is -1.99. The van der Waals surface area contributed by atoms with Crippen LogP contribution < -0.4 is 5.32 Å². The fraction of sp³-hybridized carbons (Fsp3) is 0.0625. The maximum atomic E-state index is 6.03. The van der Waals surface area contributed by atoms with Crippen molar-refractivity contribution in [2.75, 3.05) is 5.32 Å². The standard InChI is InChI=1S/C16H13ClN4/c1-11-9-15(20-14-5-7-18-8-6-14)21-16(19-11)12-3-2-4-13(17)10-12/h2-10H,1H3,(H,18,19,20,21). The number of nitrogens with zero attached hydrogens (tertiary/aromatic N) is 3. The van der Waals surface area contributed by atoms with Gasteiger partial charge in [0.1, 0.15) is 5.82 Å². The largest absolute Gasteiger partial charge is 0.340 e. The van der Waals surface area contributed by atoms with Crippen molar-refractivity contribution in [3.05, 3.63) is 65.6 Å². The van der Waals surface area contributed by atoms with E-state index in [9.17, 15) is 0 Å². The van der Waals surface area contributed by atoms with E-state index in [1.165, 1.54) is 0 Å². The first-order valence-corrected chi connectivity index (χ1v) is 6.87. The molecule has 0 amide bonds. The van der Waals surface area contributed by atoms with Crippen LogP contribution in [0.1, 0.15) is 5.69 Å². The molecule has 3 aromatic rings. The SMILES string of the molecule is Cc1cc(Nc2ccncc2)nc(-c2cccc(Cl)c2)n1. The molecular formula is C16H13ClN4. The number of aromatic nitrogens is 3. The summed E-state index contributed by atoms with van der Waals surface area (Å²) in [4.78, 5) is 13.0. The molecule has 0 saturated heterocycles. The average molecular weight is 297 g/mol. The molecular weight excluding hydrogens is 284 g/mol. The fourth-order valence-electron chi connectivity index (χ4n) is 1.97. The van der Waals surface area contributed by atoms with E-state index in [2.05, 4.69) is 20.3 Å². The maximum absolute atomic E-state index is 6.03. The predicted octanol–water partition coefficient (Wildman–Crippen LogP) is 4.24. The zero-order chi connectivity index (χ0) is 14.7. The van der Waals surface area contributed by atoms with Gasteiger partial charge in [0.05, 0.1) is 0 Å². The molecule has 0 aliphatic rings. The van der Waals surface area contributed by atoms with Gasteiger partial charge < -0.3 is 5.32 Å². The first-order chi connectivity index (χ1) is 10.2. The Labute approximate surface area is 127 Å². The molecule has 5 heteroatoms. The van der Waals surface area contributed by atoms with Gasteiger partial charge in [0.25, 0.3) is 0 Å². The Bertz CT molecular complexity index is 759. The number of hydrogen-bond donors (Lipinski definition) is 1. The molecule has 2 heterocycles. The van der Waals surface area contributed by atoms with Gasteiger partial charge in [-0.3, -0.25) is 4.98 Å².